The van der Waals surface area contributed by atoms with Crippen LogP contribution < -0.4 is 15.4 Å². The number of carbonyl (C=O) groups excluding carboxylic acids is 1. The molecule has 0 fully saturated rings. The second-order valence-electron chi connectivity index (χ2n) is 5.89. The van der Waals surface area contributed by atoms with Gasteiger partial charge in [-0.25, -0.2) is 4.98 Å². The predicted octanol–water partition coefficient (Wildman–Crippen LogP) is 4.46. The molecule has 0 aliphatic heterocycles. The maximum absolute atomic E-state index is 12.2. The van der Waals surface area contributed by atoms with E-state index in [2.05, 4.69) is 15.6 Å². The van der Waals surface area contributed by atoms with Gasteiger partial charge in [-0.05, 0) is 48.4 Å². The van der Waals surface area contributed by atoms with Crippen molar-refractivity contribution in [2.45, 2.75) is 6.42 Å². The monoisotopic (exact) mass is 381 g/mol. The smallest absolute Gasteiger partial charge is 0.269 e. The molecule has 27 heavy (non-hydrogen) atoms. The fourth-order valence-corrected chi connectivity index (χ4v) is 2.82. The summed E-state index contributed by atoms with van der Waals surface area (Å²) >= 11 is 5.96. The molecule has 138 valence electrons. The lowest BCUT2D eigenvalue weighted by Gasteiger charge is -2.11. The van der Waals surface area contributed by atoms with E-state index in [4.69, 9.17) is 16.3 Å². The topological polar surface area (TPSA) is 63.2 Å². The number of halogens is 1. The third-order valence-electron chi connectivity index (χ3n) is 3.97. The number of nitrogens with zero attached hydrogens (tertiary/aromatic N) is 1. The standard InChI is InChI=1S/C21H20ClN3O2/c1-27-20-8-3-2-7-18(20)25-17-9-10-19(24-14-17)21(26)23-12-11-15-5-4-6-16(22)13-15/h2-10,13-14,25H,11-12H2,1H3,(H,23,26). The van der Waals surface area contributed by atoms with E-state index in [0.717, 1.165) is 22.7 Å². The first-order valence-electron chi connectivity index (χ1n) is 8.54. The lowest BCUT2D eigenvalue weighted by atomic mass is 10.1. The van der Waals surface area contributed by atoms with Gasteiger partial charge in [0.15, 0.2) is 0 Å². The lowest BCUT2D eigenvalue weighted by molar-refractivity contribution is 0.0949. The van der Waals surface area contributed by atoms with Crippen molar-refractivity contribution in [2.24, 2.45) is 0 Å². The third-order valence-corrected chi connectivity index (χ3v) is 4.21. The van der Waals surface area contributed by atoms with Crippen molar-refractivity contribution >= 4 is 28.9 Å². The number of ether oxygens (including phenoxy) is 1. The number of methoxy groups -OCH3 is 1. The van der Waals surface area contributed by atoms with Gasteiger partial charge in [0.1, 0.15) is 11.4 Å². The summed E-state index contributed by atoms with van der Waals surface area (Å²) in [5, 5.41) is 6.79. The van der Waals surface area contributed by atoms with Crippen molar-refractivity contribution in [1.82, 2.24) is 10.3 Å². The highest BCUT2D eigenvalue weighted by atomic mass is 35.5. The van der Waals surface area contributed by atoms with Crippen LogP contribution in [0.3, 0.4) is 0 Å². The van der Waals surface area contributed by atoms with Crippen molar-refractivity contribution in [3.8, 4) is 5.75 Å². The van der Waals surface area contributed by atoms with Gasteiger partial charge in [0.25, 0.3) is 5.91 Å². The fourth-order valence-electron chi connectivity index (χ4n) is 2.61. The van der Waals surface area contributed by atoms with Crippen LogP contribution in [0.25, 0.3) is 0 Å². The number of nitrogens with one attached hydrogen (secondary N) is 2. The summed E-state index contributed by atoms with van der Waals surface area (Å²) in [5.41, 5.74) is 3.05. The van der Waals surface area contributed by atoms with Crippen LogP contribution in [-0.4, -0.2) is 24.5 Å². The molecule has 1 heterocycles. The number of aromatic nitrogens is 1. The van der Waals surface area contributed by atoms with E-state index < -0.39 is 0 Å². The number of hydrogen-bond donors (Lipinski definition) is 2. The van der Waals surface area contributed by atoms with E-state index in [-0.39, 0.29) is 5.91 Å². The van der Waals surface area contributed by atoms with E-state index in [1.807, 2.05) is 54.6 Å². The molecule has 5 nitrogen and oxygen atoms in total. The molecule has 0 saturated carbocycles. The summed E-state index contributed by atoms with van der Waals surface area (Å²) < 4.78 is 5.31. The van der Waals surface area contributed by atoms with Gasteiger partial charge in [0.2, 0.25) is 0 Å². The normalized spacial score (nSPS) is 10.3. The zero-order chi connectivity index (χ0) is 19.1. The Morgan fingerprint density at radius 1 is 1.11 bits per heavy atom. The molecular formula is C21H20ClN3O2. The zero-order valence-corrected chi connectivity index (χ0v) is 15.7. The molecule has 3 aromatic rings. The summed E-state index contributed by atoms with van der Waals surface area (Å²) in [7, 11) is 1.62. The highest BCUT2D eigenvalue weighted by Gasteiger charge is 2.08. The predicted molar refractivity (Wildman–Crippen MR) is 108 cm³/mol. The molecule has 0 aliphatic carbocycles. The minimum atomic E-state index is -0.208. The quantitative estimate of drug-likeness (QED) is 0.634. The van der Waals surface area contributed by atoms with E-state index in [0.29, 0.717) is 23.7 Å². The highest BCUT2D eigenvalue weighted by Crippen LogP contribution is 2.26. The number of para-hydroxylation sites is 2. The van der Waals surface area contributed by atoms with Gasteiger partial charge in [-0.1, -0.05) is 35.9 Å². The number of carbonyl (C=O) groups is 1. The van der Waals surface area contributed by atoms with Crippen molar-refractivity contribution in [1.29, 1.82) is 0 Å². The molecule has 6 heteroatoms. The zero-order valence-electron chi connectivity index (χ0n) is 14.9. The Kier molecular flexibility index (Phi) is 6.28. The van der Waals surface area contributed by atoms with Crippen molar-refractivity contribution in [2.75, 3.05) is 19.0 Å². The van der Waals surface area contributed by atoms with Gasteiger partial charge >= 0.3 is 0 Å². The van der Waals surface area contributed by atoms with Crippen LogP contribution in [0.4, 0.5) is 11.4 Å². The van der Waals surface area contributed by atoms with Crippen LogP contribution in [0.1, 0.15) is 16.1 Å². The molecule has 0 radical (unpaired) electrons. The summed E-state index contributed by atoms with van der Waals surface area (Å²) in [6, 6.07) is 18.7. The number of hydrogen-bond acceptors (Lipinski definition) is 4. The summed E-state index contributed by atoms with van der Waals surface area (Å²) in [4.78, 5) is 16.5. The first kappa shape index (κ1) is 18.7. The summed E-state index contributed by atoms with van der Waals surface area (Å²) in [6.07, 6.45) is 2.33. The second kappa shape index (κ2) is 9.05. The van der Waals surface area contributed by atoms with Crippen LogP contribution in [0, 0.1) is 0 Å². The van der Waals surface area contributed by atoms with Crippen molar-refractivity contribution in [3.63, 3.8) is 0 Å². The molecule has 3 rings (SSSR count). The average Bonchev–Trinajstić information content (AvgIpc) is 2.69. The number of anilines is 2. The van der Waals surface area contributed by atoms with Crippen LogP contribution in [0.2, 0.25) is 5.02 Å². The maximum atomic E-state index is 12.2. The largest absolute Gasteiger partial charge is 0.495 e. The molecule has 0 atom stereocenters. The van der Waals surface area contributed by atoms with Gasteiger partial charge in [-0.3, -0.25) is 4.79 Å². The average molecular weight is 382 g/mol. The first-order chi connectivity index (χ1) is 13.2. The summed E-state index contributed by atoms with van der Waals surface area (Å²) in [5.74, 6) is 0.529. The van der Waals surface area contributed by atoms with E-state index in [1.165, 1.54) is 0 Å². The fraction of sp³-hybridized carbons (Fsp3) is 0.143. The molecule has 0 bridgehead atoms. The molecule has 1 aromatic heterocycles. The van der Waals surface area contributed by atoms with Crippen LogP contribution >= 0.6 is 11.6 Å². The van der Waals surface area contributed by atoms with Gasteiger partial charge in [0, 0.05) is 11.6 Å². The Hall–Kier alpha value is -3.05. The number of pyridine rings is 1. The Bertz CT molecular complexity index is 913. The van der Waals surface area contributed by atoms with Gasteiger partial charge in [-0.2, -0.15) is 0 Å². The van der Waals surface area contributed by atoms with Crippen molar-refractivity contribution in [3.05, 3.63) is 83.1 Å². The maximum Gasteiger partial charge on any atom is 0.269 e. The molecule has 0 spiro atoms. The molecule has 2 N–H and O–H groups in total. The number of rotatable bonds is 7. The van der Waals surface area contributed by atoms with E-state index in [1.54, 1.807) is 19.4 Å². The number of amides is 1. The lowest BCUT2D eigenvalue weighted by Crippen LogP contribution is -2.26. The van der Waals surface area contributed by atoms with Crippen LogP contribution in [0.5, 0.6) is 5.75 Å². The van der Waals surface area contributed by atoms with E-state index in [9.17, 15) is 4.79 Å². The summed E-state index contributed by atoms with van der Waals surface area (Å²) in [6.45, 7) is 0.516. The van der Waals surface area contributed by atoms with Gasteiger partial charge in [-0.15, -0.1) is 0 Å². The van der Waals surface area contributed by atoms with Gasteiger partial charge in [0.05, 0.1) is 24.7 Å². The molecule has 1 amide bonds. The Balaban J connectivity index is 1.55. The number of benzene rings is 2. The molecular weight excluding hydrogens is 362 g/mol. The Labute approximate surface area is 163 Å². The minimum Gasteiger partial charge on any atom is -0.495 e. The Morgan fingerprint density at radius 2 is 1.96 bits per heavy atom. The second-order valence-corrected chi connectivity index (χ2v) is 6.33. The van der Waals surface area contributed by atoms with Crippen LogP contribution in [-0.2, 0) is 6.42 Å². The van der Waals surface area contributed by atoms with Gasteiger partial charge < -0.3 is 15.4 Å². The molecule has 2 aromatic carbocycles. The molecule has 0 saturated heterocycles. The van der Waals surface area contributed by atoms with Crippen molar-refractivity contribution < 1.29 is 9.53 Å². The van der Waals surface area contributed by atoms with E-state index >= 15 is 0 Å². The first-order valence-corrected chi connectivity index (χ1v) is 8.92. The SMILES string of the molecule is COc1ccccc1Nc1ccc(C(=O)NCCc2cccc(Cl)c2)nc1. The Morgan fingerprint density at radius 3 is 2.70 bits per heavy atom. The highest BCUT2D eigenvalue weighted by molar-refractivity contribution is 6.30. The minimum absolute atomic E-state index is 0.208. The molecule has 0 aliphatic rings. The third kappa shape index (κ3) is 5.21. The van der Waals surface area contributed by atoms with Crippen LogP contribution in [0.15, 0.2) is 66.9 Å². The molecule has 0 unspecified atom stereocenters.